The monoisotopic (exact) mass is 333 g/mol. The molecule has 3 heterocycles. The van der Waals surface area contributed by atoms with Crippen LogP contribution in [-0.2, 0) is 7.05 Å². The van der Waals surface area contributed by atoms with E-state index >= 15 is 0 Å². The number of carbonyl (C=O) groups is 1. The van der Waals surface area contributed by atoms with Crippen molar-refractivity contribution in [2.45, 2.75) is 38.6 Å². The Morgan fingerprint density at radius 1 is 1.39 bits per heavy atom. The molecule has 6 nitrogen and oxygen atoms in total. The third-order valence-corrected chi connectivity index (χ3v) is 4.38. The van der Waals surface area contributed by atoms with Crippen molar-refractivity contribution in [3.05, 3.63) is 40.7 Å². The Hall–Kier alpha value is -1.95. The van der Waals surface area contributed by atoms with Crippen molar-refractivity contribution in [3.8, 4) is 0 Å². The lowest BCUT2D eigenvalue weighted by molar-refractivity contribution is 0.0729. The van der Waals surface area contributed by atoms with Gasteiger partial charge in [0.1, 0.15) is 5.82 Å². The molecule has 0 bridgehead atoms. The molecule has 0 aliphatic carbocycles. The van der Waals surface area contributed by atoms with E-state index in [1.54, 1.807) is 4.68 Å². The Labute approximate surface area is 140 Å². The van der Waals surface area contributed by atoms with E-state index in [0.717, 1.165) is 18.4 Å². The summed E-state index contributed by atoms with van der Waals surface area (Å²) in [5.74, 6) is 0.645. The fourth-order valence-electron chi connectivity index (χ4n) is 2.91. The highest BCUT2D eigenvalue weighted by molar-refractivity contribution is 6.33. The van der Waals surface area contributed by atoms with Crippen LogP contribution in [0.5, 0.6) is 0 Å². The number of aryl methyl sites for hydroxylation is 1. The van der Waals surface area contributed by atoms with Crippen molar-refractivity contribution in [3.63, 3.8) is 0 Å². The van der Waals surface area contributed by atoms with Crippen molar-refractivity contribution in [2.75, 3.05) is 6.54 Å². The van der Waals surface area contributed by atoms with E-state index < -0.39 is 0 Å². The molecule has 0 N–H and O–H groups in total. The predicted molar refractivity (Wildman–Crippen MR) is 87.4 cm³/mol. The maximum Gasteiger partial charge on any atom is 0.274 e. The largest absolute Gasteiger partial charge is 0.330 e. The zero-order valence-electron chi connectivity index (χ0n) is 13.5. The Morgan fingerprint density at radius 2 is 2.17 bits per heavy atom. The van der Waals surface area contributed by atoms with Crippen LogP contribution < -0.4 is 0 Å². The fourth-order valence-corrected chi connectivity index (χ4v) is 3.09. The van der Waals surface area contributed by atoms with Gasteiger partial charge in [0.05, 0.1) is 23.5 Å². The van der Waals surface area contributed by atoms with E-state index in [1.807, 2.05) is 38.2 Å². The minimum atomic E-state index is -0.134. The van der Waals surface area contributed by atoms with Gasteiger partial charge in [-0.25, -0.2) is 9.97 Å². The highest BCUT2D eigenvalue weighted by Gasteiger charge is 2.33. The second-order valence-electron chi connectivity index (χ2n) is 6.18. The molecule has 0 radical (unpaired) electrons. The van der Waals surface area contributed by atoms with Crippen LogP contribution in [0.1, 0.15) is 60.5 Å². The second-order valence-corrected chi connectivity index (χ2v) is 6.59. The minimum absolute atomic E-state index is 0.0322. The predicted octanol–water partition coefficient (Wildman–Crippen LogP) is 2.96. The van der Waals surface area contributed by atoms with Crippen LogP contribution in [0.25, 0.3) is 0 Å². The Morgan fingerprint density at radius 3 is 2.83 bits per heavy atom. The Bertz CT molecular complexity index is 727. The molecular weight excluding hydrogens is 314 g/mol. The SMILES string of the molecule is CC(C)c1ncc(Cl)c(C(=O)N2CCCC2c2cnn(C)c2)n1. The van der Waals surface area contributed by atoms with Gasteiger partial charge >= 0.3 is 0 Å². The first kappa shape index (κ1) is 15.9. The van der Waals surface area contributed by atoms with Gasteiger partial charge in [0.15, 0.2) is 5.69 Å². The van der Waals surface area contributed by atoms with Crippen LogP contribution in [0.3, 0.4) is 0 Å². The van der Waals surface area contributed by atoms with Gasteiger partial charge in [0.25, 0.3) is 5.91 Å². The lowest BCUT2D eigenvalue weighted by atomic mass is 10.1. The van der Waals surface area contributed by atoms with E-state index in [1.165, 1.54) is 6.20 Å². The standard InChI is InChI=1S/C16H20ClN5O/c1-10(2)15-18-8-12(17)14(20-15)16(23)22-6-4-5-13(22)11-7-19-21(3)9-11/h7-10,13H,4-6H2,1-3H3. The first-order valence-corrected chi connectivity index (χ1v) is 8.17. The van der Waals surface area contributed by atoms with E-state index in [-0.39, 0.29) is 17.9 Å². The molecule has 0 aromatic carbocycles. The van der Waals surface area contributed by atoms with E-state index in [2.05, 4.69) is 15.1 Å². The zero-order valence-corrected chi connectivity index (χ0v) is 14.3. The maximum atomic E-state index is 13.0. The van der Waals surface area contributed by atoms with Crippen molar-refractivity contribution in [1.29, 1.82) is 0 Å². The van der Waals surface area contributed by atoms with Gasteiger partial charge < -0.3 is 4.90 Å². The van der Waals surface area contributed by atoms with Crippen molar-refractivity contribution in [2.24, 2.45) is 7.05 Å². The van der Waals surface area contributed by atoms with E-state index in [0.29, 0.717) is 23.1 Å². The van der Waals surface area contributed by atoms with Gasteiger partial charge in [-0.3, -0.25) is 9.48 Å². The lowest BCUT2D eigenvalue weighted by Crippen LogP contribution is -2.31. The fraction of sp³-hybridized carbons (Fsp3) is 0.500. The molecule has 3 rings (SSSR count). The van der Waals surface area contributed by atoms with Gasteiger partial charge in [0.2, 0.25) is 0 Å². The molecule has 122 valence electrons. The third kappa shape index (κ3) is 3.08. The van der Waals surface area contributed by atoms with Crippen LogP contribution in [-0.4, -0.2) is 37.1 Å². The summed E-state index contributed by atoms with van der Waals surface area (Å²) in [5.41, 5.74) is 1.34. The Balaban J connectivity index is 1.91. The summed E-state index contributed by atoms with van der Waals surface area (Å²) in [6.45, 7) is 4.69. The zero-order chi connectivity index (χ0) is 16.6. The maximum absolute atomic E-state index is 13.0. The summed E-state index contributed by atoms with van der Waals surface area (Å²) in [6, 6.07) is 0.0322. The molecule has 1 atom stereocenters. The normalized spacial score (nSPS) is 18.0. The molecule has 2 aromatic rings. The first-order chi connectivity index (χ1) is 11.0. The summed E-state index contributed by atoms with van der Waals surface area (Å²) >= 11 is 6.18. The second kappa shape index (κ2) is 6.28. The molecule has 7 heteroatoms. The van der Waals surface area contributed by atoms with Crippen LogP contribution in [0, 0.1) is 0 Å². The van der Waals surface area contributed by atoms with Crippen molar-refractivity contribution in [1.82, 2.24) is 24.6 Å². The topological polar surface area (TPSA) is 63.9 Å². The molecule has 1 fully saturated rings. The van der Waals surface area contributed by atoms with Crippen molar-refractivity contribution < 1.29 is 4.79 Å². The Kier molecular flexibility index (Phi) is 4.35. The number of rotatable bonds is 3. The third-order valence-electron chi connectivity index (χ3n) is 4.10. The van der Waals surface area contributed by atoms with Crippen molar-refractivity contribution >= 4 is 17.5 Å². The van der Waals surface area contributed by atoms with Crippen LogP contribution in [0.4, 0.5) is 0 Å². The first-order valence-electron chi connectivity index (χ1n) is 7.79. The molecule has 0 saturated carbocycles. The molecule has 2 aromatic heterocycles. The van der Waals surface area contributed by atoms with Gasteiger partial charge in [-0.15, -0.1) is 0 Å². The highest BCUT2D eigenvalue weighted by atomic mass is 35.5. The quantitative estimate of drug-likeness (QED) is 0.866. The molecule has 0 spiro atoms. The summed E-state index contributed by atoms with van der Waals surface area (Å²) in [4.78, 5) is 23.4. The average molecular weight is 334 g/mol. The number of carbonyl (C=O) groups excluding carboxylic acids is 1. The molecule has 23 heavy (non-hydrogen) atoms. The van der Waals surface area contributed by atoms with E-state index in [4.69, 9.17) is 11.6 Å². The molecule has 1 aliphatic rings. The van der Waals surface area contributed by atoms with Gasteiger partial charge in [-0.05, 0) is 12.8 Å². The molecule has 1 amide bonds. The number of nitrogens with zero attached hydrogens (tertiary/aromatic N) is 5. The van der Waals surface area contributed by atoms with Crippen LogP contribution in [0.15, 0.2) is 18.6 Å². The molecule has 1 saturated heterocycles. The van der Waals surface area contributed by atoms with Gasteiger partial charge in [0, 0.05) is 31.3 Å². The molecular formula is C16H20ClN5O. The highest BCUT2D eigenvalue weighted by Crippen LogP contribution is 2.33. The minimum Gasteiger partial charge on any atom is -0.330 e. The van der Waals surface area contributed by atoms with E-state index in [9.17, 15) is 4.79 Å². The molecule has 1 aliphatic heterocycles. The smallest absolute Gasteiger partial charge is 0.274 e. The molecule has 1 unspecified atom stereocenters. The summed E-state index contributed by atoms with van der Waals surface area (Å²) in [5, 5.41) is 4.51. The lowest BCUT2D eigenvalue weighted by Gasteiger charge is -2.24. The van der Waals surface area contributed by atoms with Gasteiger partial charge in [-0.2, -0.15) is 5.10 Å². The number of amides is 1. The number of likely N-dealkylation sites (tertiary alicyclic amines) is 1. The van der Waals surface area contributed by atoms with Gasteiger partial charge in [-0.1, -0.05) is 25.4 Å². The number of aromatic nitrogens is 4. The van der Waals surface area contributed by atoms with Crippen LogP contribution in [0.2, 0.25) is 5.02 Å². The number of halogens is 1. The summed E-state index contributed by atoms with van der Waals surface area (Å²) in [7, 11) is 1.88. The number of hydrogen-bond donors (Lipinski definition) is 0. The average Bonchev–Trinajstić information content (AvgIpc) is 3.15. The number of hydrogen-bond acceptors (Lipinski definition) is 4. The van der Waals surface area contributed by atoms with Crippen LogP contribution >= 0.6 is 11.6 Å². The summed E-state index contributed by atoms with van der Waals surface area (Å²) < 4.78 is 1.75. The summed E-state index contributed by atoms with van der Waals surface area (Å²) in [6.07, 6.45) is 7.18.